The summed E-state index contributed by atoms with van der Waals surface area (Å²) in [6.07, 6.45) is 5.29. The van der Waals surface area contributed by atoms with Gasteiger partial charge in [0.1, 0.15) is 18.1 Å². The Kier molecular flexibility index (Phi) is 5.99. The van der Waals surface area contributed by atoms with Gasteiger partial charge >= 0.3 is 0 Å². The van der Waals surface area contributed by atoms with Crippen molar-refractivity contribution in [2.24, 2.45) is 0 Å². The van der Waals surface area contributed by atoms with Gasteiger partial charge in [-0.1, -0.05) is 6.42 Å². The van der Waals surface area contributed by atoms with Crippen molar-refractivity contribution in [3.8, 4) is 5.75 Å². The van der Waals surface area contributed by atoms with E-state index in [0.29, 0.717) is 37.2 Å². The van der Waals surface area contributed by atoms with E-state index in [2.05, 4.69) is 10.3 Å². The highest BCUT2D eigenvalue weighted by molar-refractivity contribution is 5.92. The highest BCUT2D eigenvalue weighted by Crippen LogP contribution is 2.15. The van der Waals surface area contributed by atoms with E-state index < -0.39 is 0 Å². The highest BCUT2D eigenvalue weighted by atomic mass is 16.5. The third kappa shape index (κ3) is 4.43. The minimum atomic E-state index is -0.0405. The van der Waals surface area contributed by atoms with Crippen LogP contribution in [0, 0.1) is 0 Å². The lowest BCUT2D eigenvalue weighted by Crippen LogP contribution is -2.38. The molecule has 2 heterocycles. The van der Waals surface area contributed by atoms with Crippen LogP contribution in [0.5, 0.6) is 5.75 Å². The fourth-order valence-electron chi connectivity index (χ4n) is 2.55. The van der Waals surface area contributed by atoms with E-state index in [1.165, 1.54) is 12.8 Å². The molecule has 0 bridgehead atoms. The molecule has 1 unspecified atom stereocenters. The molecule has 0 radical (unpaired) electrons. The van der Waals surface area contributed by atoms with E-state index in [-0.39, 0.29) is 5.91 Å². The van der Waals surface area contributed by atoms with Gasteiger partial charge < -0.3 is 15.0 Å². The standard InChI is InChI=1S/C16H25N3O2/c1-3-19(4-2)16(20)15-11-14(8-10-18-15)21-12-13-7-5-6-9-17-13/h8,10-11,13,17H,3-7,9,12H2,1-2H3. The van der Waals surface area contributed by atoms with E-state index in [0.717, 1.165) is 13.0 Å². The Hall–Kier alpha value is -1.62. The predicted molar refractivity (Wildman–Crippen MR) is 82.6 cm³/mol. The Labute approximate surface area is 126 Å². The Balaban J connectivity index is 1.95. The molecule has 1 aromatic heterocycles. The number of rotatable bonds is 6. The average molecular weight is 291 g/mol. The summed E-state index contributed by atoms with van der Waals surface area (Å²) in [6.45, 7) is 7.02. The van der Waals surface area contributed by atoms with E-state index in [1.807, 2.05) is 19.9 Å². The molecule has 1 aliphatic rings. The van der Waals surface area contributed by atoms with Gasteiger partial charge in [-0.2, -0.15) is 0 Å². The van der Waals surface area contributed by atoms with Gasteiger partial charge in [0.05, 0.1) is 0 Å². The van der Waals surface area contributed by atoms with Gasteiger partial charge in [0.15, 0.2) is 0 Å². The van der Waals surface area contributed by atoms with Gasteiger partial charge in [0, 0.05) is 31.4 Å². The van der Waals surface area contributed by atoms with Crippen LogP contribution in [0.1, 0.15) is 43.6 Å². The van der Waals surface area contributed by atoms with Crippen molar-refractivity contribution in [1.82, 2.24) is 15.2 Å². The molecule has 1 aliphatic heterocycles. The molecule has 116 valence electrons. The van der Waals surface area contributed by atoms with Crippen LogP contribution in [0.2, 0.25) is 0 Å². The maximum atomic E-state index is 12.3. The number of pyridine rings is 1. The number of hydrogen-bond donors (Lipinski definition) is 1. The van der Waals surface area contributed by atoms with E-state index in [4.69, 9.17) is 4.74 Å². The van der Waals surface area contributed by atoms with Crippen molar-refractivity contribution in [2.45, 2.75) is 39.2 Å². The second kappa shape index (κ2) is 7.98. The number of nitrogens with one attached hydrogen (secondary N) is 1. The van der Waals surface area contributed by atoms with Crippen LogP contribution < -0.4 is 10.1 Å². The fourth-order valence-corrected chi connectivity index (χ4v) is 2.55. The molecule has 1 fully saturated rings. The maximum absolute atomic E-state index is 12.3. The van der Waals surface area contributed by atoms with Crippen molar-refractivity contribution in [3.05, 3.63) is 24.0 Å². The van der Waals surface area contributed by atoms with Gasteiger partial charge in [-0.3, -0.25) is 9.78 Å². The number of nitrogens with zero attached hydrogens (tertiary/aromatic N) is 2. The maximum Gasteiger partial charge on any atom is 0.272 e. The summed E-state index contributed by atoms with van der Waals surface area (Å²) < 4.78 is 5.81. The normalized spacial score (nSPS) is 18.3. The number of carbonyl (C=O) groups excluding carboxylic acids is 1. The lowest BCUT2D eigenvalue weighted by atomic mass is 10.1. The molecule has 2 rings (SSSR count). The van der Waals surface area contributed by atoms with Gasteiger partial charge in [0.2, 0.25) is 0 Å². The second-order valence-corrected chi connectivity index (χ2v) is 5.31. The van der Waals surface area contributed by atoms with Gasteiger partial charge in [-0.25, -0.2) is 0 Å². The first-order valence-electron chi connectivity index (χ1n) is 7.86. The fraction of sp³-hybridized carbons (Fsp3) is 0.625. The molecule has 0 spiro atoms. The largest absolute Gasteiger partial charge is 0.492 e. The minimum absolute atomic E-state index is 0.0405. The van der Waals surface area contributed by atoms with Gasteiger partial charge in [-0.05, 0) is 39.3 Å². The Morgan fingerprint density at radius 3 is 2.90 bits per heavy atom. The second-order valence-electron chi connectivity index (χ2n) is 5.31. The Bertz CT molecular complexity index is 455. The van der Waals surface area contributed by atoms with Crippen molar-refractivity contribution in [2.75, 3.05) is 26.2 Å². The number of hydrogen-bond acceptors (Lipinski definition) is 4. The first-order chi connectivity index (χ1) is 10.2. The molecule has 5 nitrogen and oxygen atoms in total. The third-order valence-electron chi connectivity index (χ3n) is 3.86. The van der Waals surface area contributed by atoms with Gasteiger partial charge in [-0.15, -0.1) is 0 Å². The zero-order valence-electron chi connectivity index (χ0n) is 13.0. The lowest BCUT2D eigenvalue weighted by molar-refractivity contribution is 0.0766. The minimum Gasteiger partial charge on any atom is -0.492 e. The first-order valence-corrected chi connectivity index (χ1v) is 7.86. The number of amides is 1. The summed E-state index contributed by atoms with van der Waals surface area (Å²) in [5.74, 6) is 0.675. The van der Waals surface area contributed by atoms with Crippen molar-refractivity contribution in [1.29, 1.82) is 0 Å². The Morgan fingerprint density at radius 1 is 1.43 bits per heavy atom. The molecule has 1 atom stereocenters. The number of ether oxygens (including phenoxy) is 1. The molecule has 1 N–H and O–H groups in total. The van der Waals surface area contributed by atoms with E-state index in [9.17, 15) is 4.79 Å². The quantitative estimate of drug-likeness (QED) is 0.872. The third-order valence-corrected chi connectivity index (χ3v) is 3.86. The Morgan fingerprint density at radius 2 is 2.24 bits per heavy atom. The summed E-state index contributed by atoms with van der Waals surface area (Å²) in [4.78, 5) is 18.2. The number of carbonyl (C=O) groups is 1. The SMILES string of the molecule is CCN(CC)C(=O)c1cc(OCC2CCCCN2)ccn1. The van der Waals surface area contributed by atoms with Crippen LogP contribution in [-0.4, -0.2) is 48.1 Å². The summed E-state index contributed by atoms with van der Waals surface area (Å²) in [5.41, 5.74) is 0.452. The first kappa shape index (κ1) is 15.8. The molecule has 0 saturated carbocycles. The molecule has 5 heteroatoms. The molecule has 1 amide bonds. The summed E-state index contributed by atoms with van der Waals surface area (Å²) in [6, 6.07) is 3.96. The van der Waals surface area contributed by atoms with Crippen LogP contribution in [-0.2, 0) is 0 Å². The molecule has 1 aromatic rings. The zero-order valence-corrected chi connectivity index (χ0v) is 13.0. The van der Waals surface area contributed by atoms with Crippen molar-refractivity contribution in [3.63, 3.8) is 0 Å². The van der Waals surface area contributed by atoms with Crippen LogP contribution in [0.15, 0.2) is 18.3 Å². The van der Waals surface area contributed by atoms with Crippen LogP contribution in [0.25, 0.3) is 0 Å². The summed E-state index contributed by atoms with van der Waals surface area (Å²) in [5, 5.41) is 3.45. The summed E-state index contributed by atoms with van der Waals surface area (Å²) in [7, 11) is 0. The van der Waals surface area contributed by atoms with Gasteiger partial charge in [0.25, 0.3) is 5.91 Å². The van der Waals surface area contributed by atoms with Crippen LogP contribution >= 0.6 is 0 Å². The van der Waals surface area contributed by atoms with E-state index >= 15 is 0 Å². The monoisotopic (exact) mass is 291 g/mol. The molecule has 1 saturated heterocycles. The topological polar surface area (TPSA) is 54.5 Å². The van der Waals surface area contributed by atoms with Crippen molar-refractivity contribution < 1.29 is 9.53 Å². The summed E-state index contributed by atoms with van der Waals surface area (Å²) >= 11 is 0. The molecule has 0 aromatic carbocycles. The molecule has 0 aliphatic carbocycles. The highest BCUT2D eigenvalue weighted by Gasteiger charge is 2.16. The predicted octanol–water partition coefficient (Wildman–Crippen LogP) is 2.08. The van der Waals surface area contributed by atoms with Crippen molar-refractivity contribution >= 4 is 5.91 Å². The number of aromatic nitrogens is 1. The zero-order chi connectivity index (χ0) is 15.1. The average Bonchev–Trinajstić information content (AvgIpc) is 2.55. The van der Waals surface area contributed by atoms with Crippen LogP contribution in [0.3, 0.4) is 0 Å². The number of piperidine rings is 1. The lowest BCUT2D eigenvalue weighted by Gasteiger charge is -2.23. The van der Waals surface area contributed by atoms with Crippen LogP contribution in [0.4, 0.5) is 0 Å². The molecule has 21 heavy (non-hydrogen) atoms. The smallest absolute Gasteiger partial charge is 0.272 e. The van der Waals surface area contributed by atoms with E-state index in [1.54, 1.807) is 17.2 Å². The molecular formula is C16H25N3O2. The molecular weight excluding hydrogens is 266 g/mol.